The number of carboxylic acid groups (broad SMARTS) is 1. The summed E-state index contributed by atoms with van der Waals surface area (Å²) < 4.78 is 0. The normalized spacial score (nSPS) is 29.0. The number of nitrogens with zero attached hydrogens (tertiary/aromatic N) is 2. The number of aliphatic carboxylic acids is 1. The van der Waals surface area contributed by atoms with E-state index in [2.05, 4.69) is 5.32 Å². The van der Waals surface area contributed by atoms with E-state index in [-0.39, 0.29) is 5.88 Å². The highest BCUT2D eigenvalue weighted by atomic mass is 32.2. The second kappa shape index (κ2) is 5.55. The van der Waals surface area contributed by atoms with E-state index < -0.39 is 41.9 Å². The number of hydrogen-bond donors (Lipinski definition) is 2. The Bertz CT molecular complexity index is 511. The number of imide groups is 1. The predicted octanol–water partition coefficient (Wildman–Crippen LogP) is -0.307. The van der Waals surface area contributed by atoms with Crippen molar-refractivity contribution in [2.75, 3.05) is 18.2 Å². The van der Waals surface area contributed by atoms with Gasteiger partial charge in [0.25, 0.3) is 5.91 Å². The summed E-state index contributed by atoms with van der Waals surface area (Å²) >= 11 is 1.33. The number of amides is 4. The summed E-state index contributed by atoms with van der Waals surface area (Å²) in [6, 6.07) is -1.52. The summed E-state index contributed by atoms with van der Waals surface area (Å²) in [6.45, 7) is 2.94. The molecule has 2 N–H and O–H groups in total. The molecular weight excluding hydrogens is 298 g/mol. The van der Waals surface area contributed by atoms with Crippen molar-refractivity contribution < 1.29 is 24.3 Å². The van der Waals surface area contributed by atoms with Gasteiger partial charge in [0.1, 0.15) is 18.1 Å². The molecule has 0 aromatic rings. The first-order valence-corrected chi connectivity index (χ1v) is 7.69. The summed E-state index contributed by atoms with van der Waals surface area (Å²) in [5.74, 6) is -1.50. The summed E-state index contributed by atoms with van der Waals surface area (Å²) in [4.78, 5) is 49.3. The van der Waals surface area contributed by atoms with Crippen LogP contribution in [-0.2, 0) is 14.4 Å². The highest BCUT2D eigenvalue weighted by molar-refractivity contribution is 7.99. The Kier molecular flexibility index (Phi) is 4.13. The topological polar surface area (TPSA) is 107 Å². The van der Waals surface area contributed by atoms with Crippen LogP contribution in [0, 0.1) is 0 Å². The van der Waals surface area contributed by atoms with Crippen molar-refractivity contribution in [2.45, 2.75) is 31.8 Å². The average molecular weight is 315 g/mol. The average Bonchev–Trinajstić information content (AvgIpc) is 2.99. The number of carboxylic acids is 1. The summed E-state index contributed by atoms with van der Waals surface area (Å²) in [5, 5.41) is 11.6. The first-order chi connectivity index (χ1) is 9.80. The lowest BCUT2D eigenvalue weighted by molar-refractivity contribution is -0.148. The van der Waals surface area contributed by atoms with E-state index in [9.17, 15) is 19.2 Å². The molecule has 2 rings (SSSR count). The van der Waals surface area contributed by atoms with Gasteiger partial charge in [-0.1, -0.05) is 6.92 Å². The van der Waals surface area contributed by atoms with Crippen LogP contribution in [0.1, 0.15) is 20.3 Å². The number of thioether (sulfide) groups is 1. The third kappa shape index (κ3) is 2.69. The molecule has 0 radical (unpaired) electrons. The fourth-order valence-corrected chi connectivity index (χ4v) is 3.42. The molecule has 0 bridgehead atoms. The molecule has 0 saturated carbocycles. The molecule has 2 heterocycles. The molecule has 2 fully saturated rings. The van der Waals surface area contributed by atoms with Crippen molar-refractivity contribution in [3.63, 3.8) is 0 Å². The van der Waals surface area contributed by atoms with Crippen LogP contribution in [0.4, 0.5) is 4.79 Å². The van der Waals surface area contributed by atoms with E-state index >= 15 is 0 Å². The van der Waals surface area contributed by atoms with Crippen LogP contribution in [0.2, 0.25) is 0 Å². The number of carbonyl (C=O) groups is 4. The zero-order valence-electron chi connectivity index (χ0n) is 11.8. The number of hydrogen-bond acceptors (Lipinski definition) is 5. The molecule has 2 saturated heterocycles. The first kappa shape index (κ1) is 15.6. The number of rotatable bonds is 4. The standard InChI is InChI=1S/C12H17N3O5S/c1-3-12(2)10(19)14(11(20)13-12)4-8(16)15-6-21-5-7(15)9(17)18/h7H,3-6H2,1-2H3,(H,13,20)(H,17,18)/t7-,12?/m0/s1. The molecule has 2 aliphatic rings. The molecule has 21 heavy (non-hydrogen) atoms. The van der Waals surface area contributed by atoms with Crippen molar-refractivity contribution in [1.82, 2.24) is 15.1 Å². The summed E-state index contributed by atoms with van der Waals surface area (Å²) in [6.07, 6.45) is 0.416. The van der Waals surface area contributed by atoms with Crippen LogP contribution < -0.4 is 5.32 Å². The largest absolute Gasteiger partial charge is 0.480 e. The van der Waals surface area contributed by atoms with Crippen LogP contribution in [0.5, 0.6) is 0 Å². The third-order valence-corrected chi connectivity index (χ3v) is 4.85. The van der Waals surface area contributed by atoms with E-state index in [0.717, 1.165) is 4.90 Å². The minimum Gasteiger partial charge on any atom is -0.480 e. The molecular formula is C12H17N3O5S. The Hall–Kier alpha value is -1.77. The smallest absolute Gasteiger partial charge is 0.327 e. The van der Waals surface area contributed by atoms with Crippen molar-refractivity contribution >= 4 is 35.6 Å². The predicted molar refractivity (Wildman–Crippen MR) is 74.5 cm³/mol. The van der Waals surface area contributed by atoms with Crippen LogP contribution in [0.25, 0.3) is 0 Å². The number of carbonyl (C=O) groups excluding carboxylic acids is 3. The monoisotopic (exact) mass is 315 g/mol. The van der Waals surface area contributed by atoms with E-state index in [0.29, 0.717) is 12.2 Å². The number of nitrogens with one attached hydrogen (secondary N) is 1. The van der Waals surface area contributed by atoms with Gasteiger partial charge in [0.05, 0.1) is 5.88 Å². The van der Waals surface area contributed by atoms with Gasteiger partial charge in [-0.25, -0.2) is 9.59 Å². The fraction of sp³-hybridized carbons (Fsp3) is 0.667. The lowest BCUT2D eigenvalue weighted by atomic mass is 9.99. The van der Waals surface area contributed by atoms with Gasteiger partial charge < -0.3 is 15.3 Å². The fourth-order valence-electron chi connectivity index (χ4n) is 2.25. The van der Waals surface area contributed by atoms with E-state index in [1.807, 2.05) is 0 Å². The van der Waals surface area contributed by atoms with Crippen molar-refractivity contribution in [3.8, 4) is 0 Å². The van der Waals surface area contributed by atoms with Crippen LogP contribution in [-0.4, -0.2) is 68.5 Å². The third-order valence-electron chi connectivity index (χ3n) is 3.83. The van der Waals surface area contributed by atoms with E-state index in [1.165, 1.54) is 16.7 Å². The second-order valence-electron chi connectivity index (χ2n) is 5.22. The van der Waals surface area contributed by atoms with E-state index in [4.69, 9.17) is 5.11 Å². The highest BCUT2D eigenvalue weighted by Gasteiger charge is 2.48. The zero-order chi connectivity index (χ0) is 15.8. The molecule has 4 amide bonds. The number of urea groups is 1. The van der Waals surface area contributed by atoms with Crippen molar-refractivity contribution in [3.05, 3.63) is 0 Å². The maximum atomic E-state index is 12.2. The Morgan fingerprint density at radius 2 is 2.14 bits per heavy atom. The highest BCUT2D eigenvalue weighted by Crippen LogP contribution is 2.24. The lowest BCUT2D eigenvalue weighted by Gasteiger charge is -2.23. The van der Waals surface area contributed by atoms with Crippen LogP contribution in [0.15, 0.2) is 0 Å². The Morgan fingerprint density at radius 3 is 2.67 bits per heavy atom. The van der Waals surface area contributed by atoms with Gasteiger partial charge in [0, 0.05) is 5.75 Å². The van der Waals surface area contributed by atoms with Gasteiger partial charge in [-0.15, -0.1) is 11.8 Å². The van der Waals surface area contributed by atoms with Gasteiger partial charge in [-0.2, -0.15) is 0 Å². The molecule has 1 unspecified atom stereocenters. The van der Waals surface area contributed by atoms with E-state index in [1.54, 1.807) is 13.8 Å². The van der Waals surface area contributed by atoms with Gasteiger partial charge >= 0.3 is 12.0 Å². The van der Waals surface area contributed by atoms with Crippen molar-refractivity contribution in [2.24, 2.45) is 0 Å². The van der Waals surface area contributed by atoms with Crippen molar-refractivity contribution in [1.29, 1.82) is 0 Å². The molecule has 0 aromatic carbocycles. The molecule has 116 valence electrons. The summed E-state index contributed by atoms with van der Waals surface area (Å²) in [7, 11) is 0. The maximum absolute atomic E-state index is 12.2. The molecule has 0 spiro atoms. The molecule has 8 nitrogen and oxygen atoms in total. The molecule has 9 heteroatoms. The minimum atomic E-state index is -1.08. The summed E-state index contributed by atoms with van der Waals surface area (Å²) in [5.41, 5.74) is -0.997. The molecule has 2 aliphatic heterocycles. The minimum absolute atomic E-state index is 0.254. The van der Waals surface area contributed by atoms with Gasteiger partial charge in [-0.05, 0) is 13.3 Å². The Morgan fingerprint density at radius 1 is 1.48 bits per heavy atom. The Labute approximate surface area is 125 Å². The quantitative estimate of drug-likeness (QED) is 0.689. The zero-order valence-corrected chi connectivity index (χ0v) is 12.6. The van der Waals surface area contributed by atoms with Gasteiger partial charge in [0.15, 0.2) is 0 Å². The Balaban J connectivity index is 2.08. The molecule has 2 atom stereocenters. The lowest BCUT2D eigenvalue weighted by Crippen LogP contribution is -2.48. The van der Waals surface area contributed by atoms with Crippen LogP contribution in [0.3, 0.4) is 0 Å². The van der Waals surface area contributed by atoms with Gasteiger partial charge in [0.2, 0.25) is 5.91 Å². The SMILES string of the molecule is CCC1(C)NC(=O)N(CC(=O)N2CSC[C@H]2C(=O)O)C1=O. The molecule has 0 aromatic heterocycles. The second-order valence-corrected chi connectivity index (χ2v) is 6.22. The van der Waals surface area contributed by atoms with Crippen LogP contribution >= 0.6 is 11.8 Å². The maximum Gasteiger partial charge on any atom is 0.327 e. The first-order valence-electron chi connectivity index (χ1n) is 6.54. The molecule has 0 aliphatic carbocycles. The van der Waals surface area contributed by atoms with Gasteiger partial charge in [-0.3, -0.25) is 14.5 Å².